The predicted octanol–water partition coefficient (Wildman–Crippen LogP) is 3.88. The monoisotopic (exact) mass is 385 g/mol. The SMILES string of the molecule is C=C(C=CNCCO)C(C)(C)c1cc(C(F)(F)F)ccc1[NH2+]CCC(C)C. The molecule has 0 unspecified atom stereocenters. The van der Waals surface area contributed by atoms with Gasteiger partial charge in [-0.05, 0) is 48.4 Å². The number of nitrogens with two attached hydrogens (primary N) is 1. The molecule has 1 aromatic rings. The first kappa shape index (κ1) is 23.2. The van der Waals surface area contributed by atoms with Crippen LogP contribution in [0.4, 0.5) is 18.9 Å². The number of alkyl halides is 3. The molecule has 0 aliphatic heterocycles. The minimum absolute atomic E-state index is 0.00277. The van der Waals surface area contributed by atoms with E-state index in [0.717, 1.165) is 24.7 Å². The molecule has 0 aliphatic rings. The van der Waals surface area contributed by atoms with E-state index in [1.54, 1.807) is 18.3 Å². The Morgan fingerprint density at radius 2 is 1.96 bits per heavy atom. The van der Waals surface area contributed by atoms with E-state index in [2.05, 4.69) is 25.7 Å². The molecule has 0 spiro atoms. The van der Waals surface area contributed by atoms with Crippen molar-refractivity contribution in [2.75, 3.05) is 19.7 Å². The highest BCUT2D eigenvalue weighted by Gasteiger charge is 2.35. The zero-order valence-corrected chi connectivity index (χ0v) is 16.7. The van der Waals surface area contributed by atoms with Crippen molar-refractivity contribution in [2.24, 2.45) is 5.92 Å². The molecule has 152 valence electrons. The van der Waals surface area contributed by atoms with Gasteiger partial charge in [-0.3, -0.25) is 0 Å². The number of hydrogen-bond donors (Lipinski definition) is 3. The van der Waals surface area contributed by atoms with Crippen molar-refractivity contribution in [3.63, 3.8) is 0 Å². The van der Waals surface area contributed by atoms with E-state index in [0.29, 0.717) is 23.6 Å². The molecule has 6 heteroatoms. The Hall–Kier alpha value is -1.79. The summed E-state index contributed by atoms with van der Waals surface area (Å²) in [5.41, 5.74) is 0.777. The van der Waals surface area contributed by atoms with Crippen LogP contribution in [-0.2, 0) is 11.6 Å². The summed E-state index contributed by atoms with van der Waals surface area (Å²) in [6, 6.07) is 3.94. The molecule has 0 saturated heterocycles. The molecule has 0 radical (unpaired) electrons. The molecule has 0 heterocycles. The molecule has 0 atom stereocenters. The quantitative estimate of drug-likeness (QED) is 0.325. The molecular weight excluding hydrogens is 353 g/mol. The van der Waals surface area contributed by atoms with E-state index in [9.17, 15) is 13.2 Å². The number of benzene rings is 1. The van der Waals surface area contributed by atoms with Gasteiger partial charge in [-0.25, -0.2) is 0 Å². The van der Waals surface area contributed by atoms with Crippen LogP contribution in [0, 0.1) is 5.92 Å². The van der Waals surface area contributed by atoms with Crippen LogP contribution >= 0.6 is 0 Å². The highest BCUT2D eigenvalue weighted by Crippen LogP contribution is 2.38. The lowest BCUT2D eigenvalue weighted by atomic mass is 9.76. The molecule has 27 heavy (non-hydrogen) atoms. The first-order valence-corrected chi connectivity index (χ1v) is 9.25. The zero-order valence-electron chi connectivity index (χ0n) is 16.7. The van der Waals surface area contributed by atoms with Crippen LogP contribution in [0.15, 0.2) is 42.6 Å². The second-order valence-corrected chi connectivity index (χ2v) is 7.64. The van der Waals surface area contributed by atoms with Crippen molar-refractivity contribution in [3.05, 3.63) is 53.8 Å². The molecule has 0 bridgehead atoms. The Bertz CT molecular complexity index is 649. The second-order valence-electron chi connectivity index (χ2n) is 7.64. The summed E-state index contributed by atoms with van der Waals surface area (Å²) in [6.45, 7) is 13.3. The number of nitrogens with one attached hydrogen (secondary N) is 1. The van der Waals surface area contributed by atoms with Crippen molar-refractivity contribution in [1.82, 2.24) is 5.32 Å². The molecule has 0 aromatic heterocycles. The maximum atomic E-state index is 13.3. The normalized spacial score (nSPS) is 12.8. The maximum absolute atomic E-state index is 13.3. The predicted molar refractivity (Wildman–Crippen MR) is 104 cm³/mol. The van der Waals surface area contributed by atoms with Gasteiger partial charge in [-0.2, -0.15) is 13.2 Å². The van der Waals surface area contributed by atoms with Crippen molar-refractivity contribution in [2.45, 2.75) is 45.7 Å². The summed E-state index contributed by atoms with van der Waals surface area (Å²) in [5, 5.41) is 13.7. The number of aliphatic hydroxyl groups is 1. The average Bonchev–Trinajstić information content (AvgIpc) is 2.57. The summed E-state index contributed by atoms with van der Waals surface area (Å²) in [6.07, 6.45) is -0.00213. The number of allylic oxidation sites excluding steroid dienone is 2. The zero-order chi connectivity index (χ0) is 20.7. The van der Waals surface area contributed by atoms with E-state index in [-0.39, 0.29) is 6.61 Å². The summed E-state index contributed by atoms with van der Waals surface area (Å²) in [5.74, 6) is 0.530. The van der Waals surface area contributed by atoms with Crippen LogP contribution in [0.3, 0.4) is 0 Å². The highest BCUT2D eigenvalue weighted by atomic mass is 19.4. The summed E-state index contributed by atoms with van der Waals surface area (Å²) < 4.78 is 39.8. The molecule has 4 N–H and O–H groups in total. The van der Waals surface area contributed by atoms with Crippen molar-refractivity contribution < 1.29 is 23.6 Å². The molecule has 1 aromatic carbocycles. The molecule has 0 fully saturated rings. The minimum Gasteiger partial charge on any atom is -0.395 e. The first-order chi connectivity index (χ1) is 12.5. The largest absolute Gasteiger partial charge is 0.416 e. The lowest BCUT2D eigenvalue weighted by molar-refractivity contribution is -0.573. The molecule has 1 rings (SSSR count). The molecule has 0 aliphatic carbocycles. The fraction of sp³-hybridized carbons (Fsp3) is 0.524. The second kappa shape index (κ2) is 9.95. The van der Waals surface area contributed by atoms with Gasteiger partial charge >= 0.3 is 6.18 Å². The van der Waals surface area contributed by atoms with E-state index >= 15 is 0 Å². The number of hydrogen-bond acceptors (Lipinski definition) is 2. The summed E-state index contributed by atoms with van der Waals surface area (Å²) in [4.78, 5) is 0. The van der Waals surface area contributed by atoms with E-state index < -0.39 is 17.2 Å². The third-order valence-corrected chi connectivity index (χ3v) is 4.62. The van der Waals surface area contributed by atoms with Gasteiger partial charge in [-0.15, -0.1) is 0 Å². The smallest absolute Gasteiger partial charge is 0.395 e. The fourth-order valence-electron chi connectivity index (χ4n) is 2.71. The lowest BCUT2D eigenvalue weighted by Gasteiger charge is -2.28. The molecule has 0 amide bonds. The van der Waals surface area contributed by atoms with Gasteiger partial charge in [0.05, 0.1) is 18.7 Å². The standard InChI is InChI=1S/C21H31F3N2O/c1-15(2)8-11-26-19-7-6-17(21(22,23)24)14-18(19)20(4,5)16(3)9-10-25-12-13-27/h6-7,9-10,14-15,25-27H,3,8,11-13H2,1-2,4-5H3/p+1. The van der Waals surface area contributed by atoms with Gasteiger partial charge in [0.1, 0.15) is 5.69 Å². The van der Waals surface area contributed by atoms with E-state index in [4.69, 9.17) is 5.11 Å². The number of rotatable bonds is 10. The topological polar surface area (TPSA) is 48.9 Å². The van der Waals surface area contributed by atoms with Crippen molar-refractivity contribution in [3.8, 4) is 0 Å². The Morgan fingerprint density at radius 1 is 1.30 bits per heavy atom. The molecule has 0 saturated carbocycles. The van der Waals surface area contributed by atoms with Crippen LogP contribution in [0.5, 0.6) is 0 Å². The van der Waals surface area contributed by atoms with Crippen molar-refractivity contribution in [1.29, 1.82) is 0 Å². The van der Waals surface area contributed by atoms with Gasteiger partial charge in [-0.1, -0.05) is 34.3 Å². The van der Waals surface area contributed by atoms with Gasteiger partial charge in [0.2, 0.25) is 0 Å². The van der Waals surface area contributed by atoms with E-state index in [1.807, 2.05) is 19.2 Å². The number of quaternary nitrogens is 1. The Morgan fingerprint density at radius 3 is 2.52 bits per heavy atom. The molecule has 3 nitrogen and oxygen atoms in total. The number of halogens is 3. The third-order valence-electron chi connectivity index (χ3n) is 4.62. The Balaban J connectivity index is 3.20. The van der Waals surface area contributed by atoms with Crippen LogP contribution < -0.4 is 10.6 Å². The van der Waals surface area contributed by atoms with Crippen LogP contribution in [0.2, 0.25) is 0 Å². The third kappa shape index (κ3) is 7.03. The van der Waals surface area contributed by atoms with Crippen LogP contribution in [0.25, 0.3) is 0 Å². The van der Waals surface area contributed by atoms with Gasteiger partial charge in [0.25, 0.3) is 0 Å². The minimum atomic E-state index is -4.39. The number of aliphatic hydroxyl groups excluding tert-OH is 1. The first-order valence-electron chi connectivity index (χ1n) is 9.25. The molecular formula is C21H32F3N2O+. The van der Waals surface area contributed by atoms with Crippen molar-refractivity contribution >= 4 is 5.69 Å². The van der Waals surface area contributed by atoms with Gasteiger partial charge in [0, 0.05) is 17.5 Å². The Labute approximate surface area is 160 Å². The maximum Gasteiger partial charge on any atom is 0.416 e. The lowest BCUT2D eigenvalue weighted by Crippen LogP contribution is -2.78. The average molecular weight is 385 g/mol. The van der Waals surface area contributed by atoms with Crippen LogP contribution in [-0.4, -0.2) is 24.8 Å². The van der Waals surface area contributed by atoms with Gasteiger partial charge in [0.15, 0.2) is 0 Å². The Kier molecular flexibility index (Phi) is 8.57. The highest BCUT2D eigenvalue weighted by molar-refractivity contribution is 5.52. The summed E-state index contributed by atoms with van der Waals surface area (Å²) in [7, 11) is 0. The summed E-state index contributed by atoms with van der Waals surface area (Å²) >= 11 is 0. The van der Waals surface area contributed by atoms with E-state index in [1.165, 1.54) is 6.07 Å². The fourth-order valence-corrected chi connectivity index (χ4v) is 2.71. The van der Waals surface area contributed by atoms with Crippen LogP contribution in [0.1, 0.15) is 45.2 Å². The van der Waals surface area contributed by atoms with Gasteiger partial charge < -0.3 is 15.7 Å².